The molecular formula is C13H13Cl2NS. The van der Waals surface area contributed by atoms with Crippen LogP contribution in [-0.2, 0) is 0 Å². The number of rotatable bonds is 3. The van der Waals surface area contributed by atoms with Gasteiger partial charge in [0.2, 0.25) is 0 Å². The van der Waals surface area contributed by atoms with Gasteiger partial charge in [-0.2, -0.15) is 0 Å². The van der Waals surface area contributed by atoms with Gasteiger partial charge in [0.1, 0.15) is 0 Å². The van der Waals surface area contributed by atoms with E-state index in [2.05, 4.69) is 30.6 Å². The Morgan fingerprint density at radius 3 is 2.35 bits per heavy atom. The Kier molecular flexibility index (Phi) is 3.97. The van der Waals surface area contributed by atoms with Crippen molar-refractivity contribution in [2.24, 2.45) is 0 Å². The van der Waals surface area contributed by atoms with Gasteiger partial charge in [0, 0.05) is 20.6 Å². The third kappa shape index (κ3) is 3.15. The first-order valence-electron chi connectivity index (χ1n) is 5.33. The van der Waals surface area contributed by atoms with Gasteiger partial charge >= 0.3 is 0 Å². The van der Waals surface area contributed by atoms with Gasteiger partial charge in [-0.25, -0.2) is 0 Å². The minimum atomic E-state index is 0.254. The molecule has 0 bridgehead atoms. The van der Waals surface area contributed by atoms with Crippen molar-refractivity contribution in [1.29, 1.82) is 0 Å². The Bertz CT molecular complexity index is 502. The maximum atomic E-state index is 5.97. The van der Waals surface area contributed by atoms with Crippen molar-refractivity contribution in [1.82, 2.24) is 0 Å². The fraction of sp³-hybridized carbons (Fsp3) is 0.231. The molecule has 0 saturated carbocycles. The largest absolute Gasteiger partial charge is 0.378 e. The van der Waals surface area contributed by atoms with Gasteiger partial charge in [-0.05, 0) is 49.1 Å². The van der Waals surface area contributed by atoms with E-state index < -0.39 is 0 Å². The highest BCUT2D eigenvalue weighted by Crippen LogP contribution is 2.29. The van der Waals surface area contributed by atoms with Gasteiger partial charge in [-0.15, -0.1) is 11.3 Å². The average molecular weight is 286 g/mol. The van der Waals surface area contributed by atoms with Crippen LogP contribution in [0.2, 0.25) is 10.0 Å². The maximum Gasteiger partial charge on any atom is 0.0581 e. The first kappa shape index (κ1) is 12.7. The summed E-state index contributed by atoms with van der Waals surface area (Å²) in [7, 11) is 0. The van der Waals surface area contributed by atoms with E-state index >= 15 is 0 Å². The molecule has 0 fully saturated rings. The van der Waals surface area contributed by atoms with Gasteiger partial charge in [0.15, 0.2) is 0 Å². The lowest BCUT2D eigenvalue weighted by Gasteiger charge is -2.15. The van der Waals surface area contributed by atoms with Crippen LogP contribution in [0, 0.1) is 6.92 Å². The molecular weight excluding hydrogens is 273 g/mol. The van der Waals surface area contributed by atoms with Gasteiger partial charge < -0.3 is 5.32 Å². The van der Waals surface area contributed by atoms with Crippen molar-refractivity contribution < 1.29 is 0 Å². The van der Waals surface area contributed by atoms with Crippen molar-refractivity contribution >= 4 is 40.2 Å². The molecule has 1 nitrogen and oxygen atoms in total. The van der Waals surface area contributed by atoms with Crippen LogP contribution in [0.4, 0.5) is 5.69 Å². The van der Waals surface area contributed by atoms with Crippen LogP contribution in [0.25, 0.3) is 0 Å². The lowest BCUT2D eigenvalue weighted by molar-refractivity contribution is 0.899. The summed E-state index contributed by atoms with van der Waals surface area (Å²) in [6.07, 6.45) is 0. The number of aryl methyl sites for hydroxylation is 1. The SMILES string of the molecule is Cc1ccsc1C(C)Nc1cc(Cl)cc(Cl)c1. The Hall–Kier alpha value is -0.700. The Labute approximate surface area is 115 Å². The lowest BCUT2D eigenvalue weighted by Crippen LogP contribution is -2.05. The zero-order valence-corrected chi connectivity index (χ0v) is 12.0. The van der Waals surface area contributed by atoms with Crippen LogP contribution in [0.5, 0.6) is 0 Å². The summed E-state index contributed by atoms with van der Waals surface area (Å²) >= 11 is 13.7. The quantitative estimate of drug-likeness (QED) is 0.781. The number of hydrogen-bond donors (Lipinski definition) is 1. The average Bonchev–Trinajstić information content (AvgIpc) is 2.62. The molecule has 2 rings (SSSR count). The second-order valence-corrected chi connectivity index (χ2v) is 5.81. The maximum absolute atomic E-state index is 5.97. The van der Waals surface area contributed by atoms with Crippen molar-refractivity contribution in [2.75, 3.05) is 5.32 Å². The van der Waals surface area contributed by atoms with E-state index in [4.69, 9.17) is 23.2 Å². The highest BCUT2D eigenvalue weighted by atomic mass is 35.5. The number of thiophene rings is 1. The van der Waals surface area contributed by atoms with Crippen LogP contribution in [0.15, 0.2) is 29.6 Å². The zero-order chi connectivity index (χ0) is 12.4. The van der Waals surface area contributed by atoms with Gasteiger partial charge in [-0.1, -0.05) is 23.2 Å². The summed E-state index contributed by atoms with van der Waals surface area (Å²) in [5, 5.41) is 6.81. The molecule has 0 radical (unpaired) electrons. The summed E-state index contributed by atoms with van der Waals surface area (Å²) in [4.78, 5) is 1.33. The van der Waals surface area contributed by atoms with Crippen LogP contribution in [0.1, 0.15) is 23.4 Å². The minimum Gasteiger partial charge on any atom is -0.378 e. The standard InChI is InChI=1S/C13H13Cl2NS/c1-8-3-4-17-13(8)9(2)16-12-6-10(14)5-11(15)7-12/h3-7,9,16H,1-2H3. The summed E-state index contributed by atoms with van der Waals surface area (Å²) in [6.45, 7) is 4.25. The van der Waals surface area contributed by atoms with Crippen LogP contribution >= 0.6 is 34.5 Å². The van der Waals surface area contributed by atoms with Crippen LogP contribution in [0.3, 0.4) is 0 Å². The summed E-state index contributed by atoms with van der Waals surface area (Å²) in [6, 6.07) is 7.88. The molecule has 0 spiro atoms. The summed E-state index contributed by atoms with van der Waals surface area (Å²) < 4.78 is 0. The van der Waals surface area contributed by atoms with Crippen molar-refractivity contribution in [3.05, 3.63) is 50.1 Å². The monoisotopic (exact) mass is 285 g/mol. The van der Waals surface area contributed by atoms with Gasteiger partial charge in [-0.3, -0.25) is 0 Å². The third-order valence-electron chi connectivity index (χ3n) is 2.54. The first-order valence-corrected chi connectivity index (χ1v) is 6.96. The van der Waals surface area contributed by atoms with E-state index in [-0.39, 0.29) is 6.04 Å². The molecule has 90 valence electrons. The summed E-state index contributed by atoms with van der Waals surface area (Å²) in [5.41, 5.74) is 2.26. The van der Waals surface area contributed by atoms with Crippen LogP contribution < -0.4 is 5.32 Å². The molecule has 0 aliphatic carbocycles. The molecule has 4 heteroatoms. The fourth-order valence-corrected chi connectivity index (χ4v) is 3.24. The molecule has 0 amide bonds. The van der Waals surface area contributed by atoms with Gasteiger partial charge in [0.25, 0.3) is 0 Å². The molecule has 2 aromatic rings. The number of anilines is 1. The Balaban J connectivity index is 2.18. The van der Waals surface area contributed by atoms with Crippen molar-refractivity contribution in [2.45, 2.75) is 19.9 Å². The second-order valence-electron chi connectivity index (χ2n) is 3.99. The van der Waals surface area contributed by atoms with Crippen LogP contribution in [-0.4, -0.2) is 0 Å². The molecule has 1 aromatic carbocycles. The zero-order valence-electron chi connectivity index (χ0n) is 9.63. The van der Waals surface area contributed by atoms with E-state index in [0.717, 1.165) is 5.69 Å². The minimum absolute atomic E-state index is 0.254. The van der Waals surface area contributed by atoms with Crippen molar-refractivity contribution in [3.63, 3.8) is 0 Å². The van der Waals surface area contributed by atoms with E-state index in [1.54, 1.807) is 17.4 Å². The number of hydrogen-bond acceptors (Lipinski definition) is 2. The predicted octanol–water partition coefficient (Wildman–Crippen LogP) is 5.54. The molecule has 1 aromatic heterocycles. The summed E-state index contributed by atoms with van der Waals surface area (Å²) in [5.74, 6) is 0. The fourth-order valence-electron chi connectivity index (χ4n) is 1.78. The van der Waals surface area contributed by atoms with E-state index in [0.29, 0.717) is 10.0 Å². The lowest BCUT2D eigenvalue weighted by atomic mass is 10.2. The molecule has 17 heavy (non-hydrogen) atoms. The normalized spacial score (nSPS) is 12.5. The molecule has 1 unspecified atom stereocenters. The smallest absolute Gasteiger partial charge is 0.0581 e. The van der Waals surface area contributed by atoms with E-state index in [1.165, 1.54) is 10.4 Å². The molecule has 1 heterocycles. The molecule has 0 saturated heterocycles. The molecule has 0 aliphatic rings. The molecule has 0 aliphatic heterocycles. The molecule has 1 atom stereocenters. The number of nitrogens with one attached hydrogen (secondary N) is 1. The highest BCUT2D eigenvalue weighted by molar-refractivity contribution is 7.10. The van der Waals surface area contributed by atoms with E-state index in [9.17, 15) is 0 Å². The number of halogens is 2. The second kappa shape index (κ2) is 5.30. The van der Waals surface area contributed by atoms with Gasteiger partial charge in [0.05, 0.1) is 6.04 Å². The highest BCUT2D eigenvalue weighted by Gasteiger charge is 2.10. The van der Waals surface area contributed by atoms with Crippen molar-refractivity contribution in [3.8, 4) is 0 Å². The van der Waals surface area contributed by atoms with E-state index in [1.807, 2.05) is 12.1 Å². The topological polar surface area (TPSA) is 12.0 Å². The third-order valence-corrected chi connectivity index (χ3v) is 4.18. The molecule has 1 N–H and O–H groups in total. The Morgan fingerprint density at radius 2 is 1.82 bits per heavy atom. The first-order chi connectivity index (χ1) is 8.06. The predicted molar refractivity (Wildman–Crippen MR) is 77.6 cm³/mol. The number of benzene rings is 1. The Morgan fingerprint density at radius 1 is 1.18 bits per heavy atom.